The lowest BCUT2D eigenvalue weighted by Gasteiger charge is -1.98. The lowest BCUT2D eigenvalue weighted by Crippen LogP contribution is -1.85. The molecule has 1 rings (SSSR count). The molecule has 0 N–H and O–H groups in total. The Labute approximate surface area is 147 Å². The fourth-order valence-electron chi connectivity index (χ4n) is 1.49. The molecule has 0 unspecified atom stereocenters. The third-order valence-electron chi connectivity index (χ3n) is 2.76. The summed E-state index contributed by atoms with van der Waals surface area (Å²) >= 11 is 0. The number of Topliss-reactive ketones (excluding diaryl/α,β-unsaturated/α-hetero) is 1. The van der Waals surface area contributed by atoms with Crippen molar-refractivity contribution < 1.29 is 4.79 Å². The average Bonchev–Trinajstić information content (AvgIpc) is 2.49. The molecular formula is C22H44O. The van der Waals surface area contributed by atoms with E-state index in [4.69, 9.17) is 0 Å². The van der Waals surface area contributed by atoms with E-state index in [1.165, 1.54) is 43.4 Å². The molecule has 1 nitrogen and oxygen atoms in total. The molecule has 1 aromatic rings. The molecule has 138 valence electrons. The predicted molar refractivity (Wildman–Crippen MR) is 109 cm³/mol. The first-order valence-corrected chi connectivity index (χ1v) is 9.24. The van der Waals surface area contributed by atoms with Crippen LogP contribution in [0.4, 0.5) is 0 Å². The molecule has 0 aliphatic heterocycles. The Kier molecular flexibility index (Phi) is 30.1. The van der Waals surface area contributed by atoms with Crippen LogP contribution in [0.25, 0.3) is 0 Å². The molecule has 0 amide bonds. The Balaban J connectivity index is -0.000000113. The summed E-state index contributed by atoms with van der Waals surface area (Å²) in [6, 6.07) is 6.56. The van der Waals surface area contributed by atoms with Crippen LogP contribution < -0.4 is 0 Å². The van der Waals surface area contributed by atoms with Crippen molar-refractivity contribution >= 4 is 5.78 Å². The van der Waals surface area contributed by atoms with Gasteiger partial charge in [0.2, 0.25) is 0 Å². The second kappa shape index (κ2) is 23.2. The highest BCUT2D eigenvalue weighted by Gasteiger charge is 1.88. The normalized spacial score (nSPS) is 8.04. The Morgan fingerprint density at radius 3 is 1.04 bits per heavy atom. The molecule has 1 aromatic carbocycles. The molecule has 0 aromatic heterocycles. The third-order valence-corrected chi connectivity index (χ3v) is 2.76. The van der Waals surface area contributed by atoms with E-state index >= 15 is 0 Å². The minimum atomic E-state index is 0.167. The minimum Gasteiger partial charge on any atom is -0.300 e. The number of carbonyl (C=O) groups excluding carboxylic acids is 1. The molecule has 0 aliphatic rings. The second-order valence-corrected chi connectivity index (χ2v) is 5.49. The molecule has 0 fully saturated rings. The van der Waals surface area contributed by atoms with Crippen LogP contribution in [0.15, 0.2) is 18.2 Å². The van der Waals surface area contributed by atoms with Gasteiger partial charge in [-0.25, -0.2) is 0 Å². The van der Waals surface area contributed by atoms with E-state index in [0.717, 1.165) is 5.92 Å². The van der Waals surface area contributed by atoms with Crippen LogP contribution in [-0.4, -0.2) is 5.78 Å². The van der Waals surface area contributed by atoms with Crippen molar-refractivity contribution in [3.63, 3.8) is 0 Å². The van der Waals surface area contributed by atoms with E-state index in [0.29, 0.717) is 0 Å². The Bertz CT molecular complexity index is 295. The van der Waals surface area contributed by atoms with E-state index < -0.39 is 0 Å². The summed E-state index contributed by atoms with van der Waals surface area (Å²) in [4.78, 5) is 9.44. The average molecular weight is 325 g/mol. The number of hydrogen-bond donors (Lipinski definition) is 0. The van der Waals surface area contributed by atoms with E-state index in [1.54, 1.807) is 0 Å². The van der Waals surface area contributed by atoms with Gasteiger partial charge in [0.05, 0.1) is 0 Å². The van der Waals surface area contributed by atoms with E-state index in [-0.39, 0.29) is 5.78 Å². The van der Waals surface area contributed by atoms with Crippen LogP contribution in [0.5, 0.6) is 0 Å². The van der Waals surface area contributed by atoms with Gasteiger partial charge in [-0.05, 0) is 40.5 Å². The molecule has 0 spiro atoms. The summed E-state index contributed by atoms with van der Waals surface area (Å²) < 4.78 is 0. The van der Waals surface area contributed by atoms with Crippen molar-refractivity contribution in [3.8, 4) is 0 Å². The quantitative estimate of drug-likeness (QED) is 0.544. The Hall–Kier alpha value is -1.11. The van der Waals surface area contributed by atoms with Gasteiger partial charge >= 0.3 is 0 Å². The van der Waals surface area contributed by atoms with E-state index in [2.05, 4.69) is 59.7 Å². The molecule has 0 saturated heterocycles. The topological polar surface area (TPSA) is 17.1 Å². The summed E-state index contributed by atoms with van der Waals surface area (Å²) in [6.07, 6.45) is 2.66. The van der Waals surface area contributed by atoms with E-state index in [9.17, 15) is 4.79 Å². The molecule has 0 heterocycles. The lowest BCUT2D eigenvalue weighted by atomic mass is 10.1. The molecule has 0 saturated carbocycles. The fourth-order valence-corrected chi connectivity index (χ4v) is 1.49. The molecule has 0 bridgehead atoms. The van der Waals surface area contributed by atoms with Crippen LogP contribution in [0.1, 0.15) is 91.8 Å². The summed E-state index contributed by atoms with van der Waals surface area (Å²) in [6.45, 7) is 24.2. The number of ketones is 1. The summed E-state index contributed by atoms with van der Waals surface area (Å²) in [5.41, 5.74) is 4.06. The maximum atomic E-state index is 9.44. The number of aryl methyl sites for hydroxylation is 3. The molecule has 23 heavy (non-hydrogen) atoms. The van der Waals surface area contributed by atoms with Gasteiger partial charge < -0.3 is 4.79 Å². The van der Waals surface area contributed by atoms with Crippen LogP contribution in [-0.2, 0) is 4.79 Å². The zero-order valence-electron chi connectivity index (χ0n) is 18.1. The second-order valence-electron chi connectivity index (χ2n) is 5.49. The van der Waals surface area contributed by atoms with Crippen LogP contribution in [0, 0.1) is 26.7 Å². The minimum absolute atomic E-state index is 0.167. The van der Waals surface area contributed by atoms with Gasteiger partial charge in [0.1, 0.15) is 5.78 Å². The lowest BCUT2D eigenvalue weighted by molar-refractivity contribution is -0.114. The largest absolute Gasteiger partial charge is 0.300 e. The fraction of sp³-hybridized carbons (Fsp3) is 0.682. The van der Waals surface area contributed by atoms with Gasteiger partial charge in [0.15, 0.2) is 0 Å². The first-order valence-electron chi connectivity index (χ1n) is 9.24. The standard InChI is InChI=1S/C9H12.C6H14.C3H6O.2C2H6/c1-7-4-8(2)6-9(3)5-7;1-4-6(3)5-2;1-3(2)4;2*1-2/h4-6H,1-3H3;6H,4-5H2,1-3H3;1-2H3;2*1-2H3. The first kappa shape index (κ1) is 29.8. The number of hydrogen-bond acceptors (Lipinski definition) is 1. The molecule has 1 heteroatoms. The summed E-state index contributed by atoms with van der Waals surface area (Å²) in [5, 5.41) is 0. The predicted octanol–water partition coefficient (Wildman–Crippen LogP) is 7.70. The number of benzene rings is 1. The Morgan fingerprint density at radius 1 is 0.783 bits per heavy atom. The highest BCUT2D eigenvalue weighted by atomic mass is 16.1. The van der Waals surface area contributed by atoms with Crippen LogP contribution in [0.3, 0.4) is 0 Å². The highest BCUT2D eigenvalue weighted by molar-refractivity contribution is 5.72. The van der Waals surface area contributed by atoms with Gasteiger partial charge in [0, 0.05) is 0 Å². The van der Waals surface area contributed by atoms with Gasteiger partial charge in [-0.15, -0.1) is 0 Å². The SMILES string of the molecule is CC.CC.CC(C)=O.CCC(C)CC.Cc1cc(C)cc(C)c1. The van der Waals surface area contributed by atoms with Crippen LogP contribution >= 0.6 is 0 Å². The van der Waals surface area contributed by atoms with Crippen molar-refractivity contribution in [1.29, 1.82) is 0 Å². The van der Waals surface area contributed by atoms with Crippen molar-refractivity contribution in [1.82, 2.24) is 0 Å². The van der Waals surface area contributed by atoms with Gasteiger partial charge in [-0.1, -0.05) is 96.2 Å². The van der Waals surface area contributed by atoms with Crippen molar-refractivity contribution in [2.75, 3.05) is 0 Å². The number of rotatable bonds is 2. The molecule has 0 aliphatic carbocycles. The summed E-state index contributed by atoms with van der Waals surface area (Å²) in [5.74, 6) is 1.10. The summed E-state index contributed by atoms with van der Waals surface area (Å²) in [7, 11) is 0. The first-order chi connectivity index (χ1) is 10.7. The molecule has 0 radical (unpaired) electrons. The van der Waals surface area contributed by atoms with Gasteiger partial charge in [-0.2, -0.15) is 0 Å². The van der Waals surface area contributed by atoms with Crippen molar-refractivity contribution in [3.05, 3.63) is 34.9 Å². The molecular weight excluding hydrogens is 280 g/mol. The third kappa shape index (κ3) is 33.6. The monoisotopic (exact) mass is 324 g/mol. The number of carbonyl (C=O) groups is 1. The Morgan fingerprint density at radius 2 is 0.957 bits per heavy atom. The highest BCUT2D eigenvalue weighted by Crippen LogP contribution is 2.06. The van der Waals surface area contributed by atoms with Crippen molar-refractivity contribution in [2.24, 2.45) is 5.92 Å². The van der Waals surface area contributed by atoms with Crippen molar-refractivity contribution in [2.45, 2.75) is 95.9 Å². The van der Waals surface area contributed by atoms with E-state index in [1.807, 2.05) is 27.7 Å². The zero-order chi connectivity index (χ0) is 19.4. The smallest absolute Gasteiger partial charge is 0.126 e. The van der Waals surface area contributed by atoms with Gasteiger partial charge in [-0.3, -0.25) is 0 Å². The van der Waals surface area contributed by atoms with Crippen LogP contribution in [0.2, 0.25) is 0 Å². The molecule has 0 atom stereocenters. The maximum absolute atomic E-state index is 9.44. The maximum Gasteiger partial charge on any atom is 0.126 e. The van der Waals surface area contributed by atoms with Gasteiger partial charge in [0.25, 0.3) is 0 Å². The zero-order valence-corrected chi connectivity index (χ0v) is 18.1.